The molecule has 0 aliphatic rings. The van der Waals surface area contributed by atoms with Crippen LogP contribution in [-0.4, -0.2) is 17.8 Å². The summed E-state index contributed by atoms with van der Waals surface area (Å²) in [6.07, 6.45) is -1.36. The molecular weight excluding hydrogens is 263 g/mol. The average molecular weight is 277 g/mol. The van der Waals surface area contributed by atoms with Gasteiger partial charge in [0.15, 0.2) is 0 Å². The van der Waals surface area contributed by atoms with Crippen molar-refractivity contribution >= 4 is 15.9 Å². The fourth-order valence-electron chi connectivity index (χ4n) is 1.36. The Kier molecular flexibility index (Phi) is 4.70. The van der Waals surface area contributed by atoms with Crippen molar-refractivity contribution in [3.8, 4) is 0 Å². The Hall–Kier alpha value is -0.450. The lowest BCUT2D eigenvalue weighted by Crippen LogP contribution is -2.19. The topological polar surface area (TPSA) is 29.5 Å². The fourth-order valence-corrected chi connectivity index (χ4v) is 1.74. The maximum absolute atomic E-state index is 13.6. The Balaban J connectivity index is 2.90. The number of hydrogen-bond acceptors (Lipinski definition) is 2. The van der Waals surface area contributed by atoms with Crippen LogP contribution >= 0.6 is 15.9 Å². The monoisotopic (exact) mass is 276 g/mol. The summed E-state index contributed by atoms with van der Waals surface area (Å²) in [5, 5.41) is 9.84. The second-order valence-electron chi connectivity index (χ2n) is 3.25. The molecule has 0 aromatic heterocycles. The molecular formula is C11H14BrFO2. The Morgan fingerprint density at radius 3 is 2.80 bits per heavy atom. The minimum Gasteiger partial charge on any atom is -0.386 e. The molecule has 2 unspecified atom stereocenters. The first kappa shape index (κ1) is 12.6. The Bertz CT molecular complexity index is 330. The number of aliphatic hydroxyl groups is 1. The van der Waals surface area contributed by atoms with Gasteiger partial charge in [0.05, 0.1) is 10.6 Å². The van der Waals surface area contributed by atoms with Crippen LogP contribution in [0.4, 0.5) is 4.39 Å². The highest BCUT2D eigenvalue weighted by Gasteiger charge is 2.20. The normalized spacial score (nSPS) is 15.0. The van der Waals surface area contributed by atoms with Gasteiger partial charge in [-0.1, -0.05) is 12.1 Å². The molecule has 0 aliphatic heterocycles. The lowest BCUT2D eigenvalue weighted by atomic mass is 10.0. The first-order valence-corrected chi connectivity index (χ1v) is 5.60. The first-order chi connectivity index (χ1) is 7.07. The number of benzene rings is 1. The minimum atomic E-state index is -0.942. The van der Waals surface area contributed by atoms with Crippen molar-refractivity contribution < 1.29 is 14.2 Å². The largest absolute Gasteiger partial charge is 0.386 e. The maximum atomic E-state index is 13.6. The molecule has 15 heavy (non-hydrogen) atoms. The van der Waals surface area contributed by atoms with Crippen molar-refractivity contribution in [3.05, 3.63) is 34.1 Å². The third kappa shape index (κ3) is 3.00. The number of aliphatic hydroxyl groups excluding tert-OH is 1. The summed E-state index contributed by atoms with van der Waals surface area (Å²) in [6, 6.07) is 4.83. The number of halogens is 2. The number of ether oxygens (including phenoxy) is 1. The summed E-state index contributed by atoms with van der Waals surface area (Å²) >= 11 is 3.08. The van der Waals surface area contributed by atoms with E-state index in [9.17, 15) is 9.50 Å². The van der Waals surface area contributed by atoms with Gasteiger partial charge < -0.3 is 9.84 Å². The van der Waals surface area contributed by atoms with E-state index in [4.69, 9.17) is 4.74 Å². The Morgan fingerprint density at radius 1 is 1.53 bits per heavy atom. The third-order valence-corrected chi connectivity index (χ3v) is 2.79. The summed E-state index contributed by atoms with van der Waals surface area (Å²) < 4.78 is 19.2. The molecule has 0 bridgehead atoms. The van der Waals surface area contributed by atoms with Crippen LogP contribution in [0.3, 0.4) is 0 Å². The van der Waals surface area contributed by atoms with Crippen molar-refractivity contribution in [3.63, 3.8) is 0 Å². The zero-order valence-corrected chi connectivity index (χ0v) is 10.3. The molecule has 0 saturated heterocycles. The summed E-state index contributed by atoms with van der Waals surface area (Å²) in [6.45, 7) is 4.04. The van der Waals surface area contributed by atoms with E-state index in [1.807, 2.05) is 6.92 Å². The molecule has 0 radical (unpaired) electrons. The number of hydrogen-bond donors (Lipinski definition) is 1. The van der Waals surface area contributed by atoms with Gasteiger partial charge >= 0.3 is 0 Å². The zero-order valence-electron chi connectivity index (χ0n) is 8.71. The molecule has 2 atom stereocenters. The van der Waals surface area contributed by atoms with Crippen LogP contribution in [-0.2, 0) is 4.74 Å². The van der Waals surface area contributed by atoms with Crippen LogP contribution in [0.5, 0.6) is 0 Å². The van der Waals surface area contributed by atoms with Gasteiger partial charge in [-0.2, -0.15) is 0 Å². The van der Waals surface area contributed by atoms with E-state index in [1.165, 1.54) is 0 Å². The van der Waals surface area contributed by atoms with Gasteiger partial charge in [-0.05, 0) is 35.8 Å². The van der Waals surface area contributed by atoms with Crippen LogP contribution < -0.4 is 0 Å². The summed E-state index contributed by atoms with van der Waals surface area (Å²) in [5.41, 5.74) is 0.255. The van der Waals surface area contributed by atoms with Crippen LogP contribution in [0.25, 0.3) is 0 Å². The molecule has 0 heterocycles. The maximum Gasteiger partial charge on any atom is 0.143 e. The van der Waals surface area contributed by atoms with Crippen LogP contribution in [0.1, 0.15) is 25.5 Å². The highest BCUT2D eigenvalue weighted by atomic mass is 79.9. The summed E-state index contributed by atoms with van der Waals surface area (Å²) in [4.78, 5) is 0. The highest BCUT2D eigenvalue weighted by molar-refractivity contribution is 9.10. The van der Waals surface area contributed by atoms with Crippen molar-refractivity contribution in [1.82, 2.24) is 0 Å². The first-order valence-electron chi connectivity index (χ1n) is 4.81. The van der Waals surface area contributed by atoms with Crippen molar-refractivity contribution in [1.29, 1.82) is 0 Å². The van der Waals surface area contributed by atoms with Crippen LogP contribution in [0, 0.1) is 5.82 Å². The van der Waals surface area contributed by atoms with Gasteiger partial charge in [0.1, 0.15) is 11.9 Å². The lowest BCUT2D eigenvalue weighted by molar-refractivity contribution is -0.0242. The quantitative estimate of drug-likeness (QED) is 0.916. The third-order valence-electron chi connectivity index (χ3n) is 2.17. The van der Waals surface area contributed by atoms with Gasteiger partial charge in [-0.15, -0.1) is 0 Å². The smallest absolute Gasteiger partial charge is 0.143 e. The molecule has 1 aromatic rings. The molecule has 0 aliphatic carbocycles. The fraction of sp³-hybridized carbons (Fsp3) is 0.455. The summed E-state index contributed by atoms with van der Waals surface area (Å²) in [5.74, 6) is -0.434. The minimum absolute atomic E-state index is 0.255. The van der Waals surface area contributed by atoms with Gasteiger partial charge in [-0.3, -0.25) is 0 Å². The van der Waals surface area contributed by atoms with Crippen LogP contribution in [0.15, 0.2) is 22.7 Å². The lowest BCUT2D eigenvalue weighted by Gasteiger charge is -2.19. The second-order valence-corrected chi connectivity index (χ2v) is 4.10. The Morgan fingerprint density at radius 2 is 2.20 bits per heavy atom. The van der Waals surface area contributed by atoms with Crippen molar-refractivity contribution in [2.24, 2.45) is 0 Å². The van der Waals surface area contributed by atoms with Gasteiger partial charge in [0.2, 0.25) is 0 Å². The molecule has 0 spiro atoms. The van der Waals surface area contributed by atoms with E-state index >= 15 is 0 Å². The predicted octanol–water partition coefficient (Wildman–Crippen LogP) is 3.05. The number of rotatable bonds is 4. The van der Waals surface area contributed by atoms with E-state index in [0.717, 1.165) is 0 Å². The molecule has 84 valence electrons. The van der Waals surface area contributed by atoms with Gasteiger partial charge in [0.25, 0.3) is 0 Å². The van der Waals surface area contributed by atoms with Crippen molar-refractivity contribution in [2.45, 2.75) is 26.1 Å². The molecule has 0 amide bonds. The van der Waals surface area contributed by atoms with E-state index in [1.54, 1.807) is 25.1 Å². The molecule has 1 N–H and O–H groups in total. The molecule has 1 rings (SSSR count). The standard InChI is InChI=1S/C11H14BrFO2/c1-3-15-7(2)11(14)8-5-4-6-9(12)10(8)13/h4-7,11,14H,3H2,1-2H3. The second kappa shape index (κ2) is 5.58. The predicted molar refractivity (Wildman–Crippen MR) is 60.1 cm³/mol. The average Bonchev–Trinajstić information content (AvgIpc) is 2.21. The molecule has 4 heteroatoms. The summed E-state index contributed by atoms with van der Waals surface area (Å²) in [7, 11) is 0. The molecule has 0 fully saturated rings. The van der Waals surface area contributed by atoms with Gasteiger partial charge in [0, 0.05) is 12.2 Å². The van der Waals surface area contributed by atoms with Crippen LogP contribution in [0.2, 0.25) is 0 Å². The zero-order chi connectivity index (χ0) is 11.4. The van der Waals surface area contributed by atoms with E-state index in [0.29, 0.717) is 11.1 Å². The molecule has 2 nitrogen and oxygen atoms in total. The SMILES string of the molecule is CCOC(C)C(O)c1cccc(Br)c1F. The highest BCUT2D eigenvalue weighted by Crippen LogP contribution is 2.26. The Labute approximate surface area is 97.2 Å². The molecule has 1 aromatic carbocycles. The van der Waals surface area contributed by atoms with E-state index in [2.05, 4.69) is 15.9 Å². The van der Waals surface area contributed by atoms with E-state index in [-0.39, 0.29) is 5.56 Å². The molecule has 0 saturated carbocycles. The van der Waals surface area contributed by atoms with E-state index < -0.39 is 18.0 Å². The van der Waals surface area contributed by atoms with Crippen molar-refractivity contribution in [2.75, 3.05) is 6.61 Å². The van der Waals surface area contributed by atoms with Gasteiger partial charge in [-0.25, -0.2) is 4.39 Å².